The lowest BCUT2D eigenvalue weighted by atomic mass is 10.3. The molecule has 0 spiro atoms. The zero-order valence-corrected chi connectivity index (χ0v) is 7.51. The van der Waals surface area contributed by atoms with Crippen molar-refractivity contribution in [3.8, 4) is 0 Å². The average molecular weight is 156 g/mol. The molecule has 1 aliphatic heterocycles. The van der Waals surface area contributed by atoms with Gasteiger partial charge in [0.05, 0.1) is 26.7 Å². The maximum atomic E-state index is 5.49. The van der Waals surface area contributed by atoms with Crippen LogP contribution in [0.25, 0.3) is 0 Å². The Morgan fingerprint density at radius 1 is 1.64 bits per heavy atom. The minimum absolute atomic E-state index is 0.755. The lowest BCUT2D eigenvalue weighted by Gasteiger charge is -2.23. The molecule has 64 valence electrons. The minimum atomic E-state index is 0.755. The summed E-state index contributed by atoms with van der Waals surface area (Å²) in [6, 6.07) is 0. The summed E-state index contributed by atoms with van der Waals surface area (Å²) in [7, 11) is 2.14. The summed E-state index contributed by atoms with van der Waals surface area (Å²) in [5.41, 5.74) is 5.49. The molecule has 0 aromatic rings. The van der Waals surface area contributed by atoms with Crippen molar-refractivity contribution in [3.63, 3.8) is 0 Å². The third-order valence-electron chi connectivity index (χ3n) is 2.33. The van der Waals surface area contributed by atoms with Gasteiger partial charge in [0, 0.05) is 19.9 Å². The molecule has 1 aliphatic rings. The van der Waals surface area contributed by atoms with Crippen molar-refractivity contribution in [3.05, 3.63) is 0 Å². The van der Waals surface area contributed by atoms with Crippen molar-refractivity contribution in [1.82, 2.24) is 4.90 Å². The second-order valence-corrected chi connectivity index (χ2v) is 3.10. The van der Waals surface area contributed by atoms with E-state index in [9.17, 15) is 0 Å². The fourth-order valence-corrected chi connectivity index (χ4v) is 1.49. The van der Waals surface area contributed by atoms with Crippen LogP contribution in [0.5, 0.6) is 0 Å². The zero-order valence-electron chi connectivity index (χ0n) is 7.51. The molecule has 0 saturated carbocycles. The van der Waals surface area contributed by atoms with E-state index in [1.165, 1.54) is 25.3 Å². The summed E-state index contributed by atoms with van der Waals surface area (Å²) >= 11 is 0. The standard InChI is InChI=1S/C8H18N3/c1-8-10(2)5-3-6-11(8)7-4-9/h3-7,9H2,1-2H3/q+1. The maximum absolute atomic E-state index is 5.49. The molecule has 3 nitrogen and oxygen atoms in total. The lowest BCUT2D eigenvalue weighted by Crippen LogP contribution is -2.43. The Morgan fingerprint density at radius 2 is 2.36 bits per heavy atom. The first-order valence-electron chi connectivity index (χ1n) is 4.25. The molecule has 0 aliphatic carbocycles. The summed E-state index contributed by atoms with van der Waals surface area (Å²) in [4.78, 5) is 2.35. The molecule has 0 aromatic heterocycles. The second kappa shape index (κ2) is 3.72. The lowest BCUT2D eigenvalue weighted by molar-refractivity contribution is -0.509. The first-order valence-corrected chi connectivity index (χ1v) is 4.25. The molecule has 0 aromatic carbocycles. The maximum Gasteiger partial charge on any atom is 0.243 e. The van der Waals surface area contributed by atoms with Crippen molar-refractivity contribution >= 4 is 5.84 Å². The Kier molecular flexibility index (Phi) is 2.88. The molecular formula is C8H18N3+. The largest absolute Gasteiger partial charge is 0.327 e. The molecule has 0 fully saturated rings. The van der Waals surface area contributed by atoms with Crippen LogP contribution in [0.15, 0.2) is 0 Å². The van der Waals surface area contributed by atoms with Crippen LogP contribution in [0.3, 0.4) is 0 Å². The Bertz CT molecular complexity index is 163. The SMILES string of the molecule is CC1=[N+](C)CCCN1CCN. The van der Waals surface area contributed by atoms with E-state index >= 15 is 0 Å². The van der Waals surface area contributed by atoms with Crippen LogP contribution in [0.2, 0.25) is 0 Å². The highest BCUT2D eigenvalue weighted by molar-refractivity contribution is 5.74. The predicted molar refractivity (Wildman–Crippen MR) is 47.0 cm³/mol. The van der Waals surface area contributed by atoms with Crippen LogP contribution < -0.4 is 5.73 Å². The summed E-state index contributed by atoms with van der Waals surface area (Å²) in [6.07, 6.45) is 1.26. The van der Waals surface area contributed by atoms with E-state index in [2.05, 4.69) is 23.4 Å². The van der Waals surface area contributed by atoms with Gasteiger partial charge in [0.15, 0.2) is 0 Å². The van der Waals surface area contributed by atoms with Gasteiger partial charge in [-0.1, -0.05) is 0 Å². The first-order chi connectivity index (χ1) is 5.25. The molecule has 1 rings (SSSR count). The van der Waals surface area contributed by atoms with Crippen molar-refractivity contribution < 1.29 is 4.58 Å². The number of hydrogen-bond acceptors (Lipinski definition) is 2. The van der Waals surface area contributed by atoms with Crippen LogP contribution in [0.1, 0.15) is 13.3 Å². The number of rotatable bonds is 2. The molecule has 2 N–H and O–H groups in total. The third kappa shape index (κ3) is 1.93. The first kappa shape index (κ1) is 8.53. The highest BCUT2D eigenvalue weighted by Crippen LogP contribution is 1.99. The van der Waals surface area contributed by atoms with Gasteiger partial charge in [-0.15, -0.1) is 0 Å². The predicted octanol–water partition coefficient (Wildman–Crippen LogP) is -0.288. The highest BCUT2D eigenvalue weighted by atomic mass is 15.2. The normalized spacial score (nSPS) is 19.4. The van der Waals surface area contributed by atoms with E-state index in [1.54, 1.807) is 0 Å². The van der Waals surface area contributed by atoms with E-state index in [4.69, 9.17) is 5.73 Å². The summed E-state index contributed by atoms with van der Waals surface area (Å²) < 4.78 is 2.29. The van der Waals surface area contributed by atoms with Crippen molar-refractivity contribution in [1.29, 1.82) is 0 Å². The van der Waals surface area contributed by atoms with Gasteiger partial charge < -0.3 is 5.73 Å². The van der Waals surface area contributed by atoms with Gasteiger partial charge in [-0.3, -0.25) is 9.48 Å². The molecule has 3 heteroatoms. The second-order valence-electron chi connectivity index (χ2n) is 3.10. The van der Waals surface area contributed by atoms with Gasteiger partial charge in [-0.2, -0.15) is 0 Å². The van der Waals surface area contributed by atoms with E-state index in [0.29, 0.717) is 0 Å². The Labute approximate surface area is 68.5 Å². The minimum Gasteiger partial charge on any atom is -0.327 e. The van der Waals surface area contributed by atoms with E-state index in [0.717, 1.165) is 13.1 Å². The number of nitrogens with two attached hydrogens (primary N) is 1. The van der Waals surface area contributed by atoms with Crippen LogP contribution in [-0.4, -0.2) is 48.5 Å². The molecular weight excluding hydrogens is 138 g/mol. The molecule has 1 heterocycles. The monoisotopic (exact) mass is 156 g/mol. The van der Waals surface area contributed by atoms with Gasteiger partial charge in [-0.05, 0) is 0 Å². The Hall–Kier alpha value is -0.570. The summed E-state index contributed by atoms with van der Waals surface area (Å²) in [6.45, 7) is 6.27. The fourth-order valence-electron chi connectivity index (χ4n) is 1.49. The molecule has 0 amide bonds. The van der Waals surface area contributed by atoms with E-state index in [1.807, 2.05) is 0 Å². The molecule has 0 unspecified atom stereocenters. The van der Waals surface area contributed by atoms with Gasteiger partial charge in [0.2, 0.25) is 5.84 Å². The Morgan fingerprint density at radius 3 is 3.00 bits per heavy atom. The van der Waals surface area contributed by atoms with Crippen LogP contribution in [-0.2, 0) is 0 Å². The zero-order chi connectivity index (χ0) is 8.27. The van der Waals surface area contributed by atoms with E-state index in [-0.39, 0.29) is 0 Å². The molecule has 0 atom stereocenters. The fraction of sp³-hybridized carbons (Fsp3) is 0.875. The third-order valence-corrected chi connectivity index (χ3v) is 2.33. The average Bonchev–Trinajstić information content (AvgIpc) is 1.99. The van der Waals surface area contributed by atoms with Crippen LogP contribution in [0.4, 0.5) is 0 Å². The summed E-state index contributed by atoms with van der Waals surface area (Å²) in [5, 5.41) is 0. The van der Waals surface area contributed by atoms with Crippen LogP contribution in [0, 0.1) is 0 Å². The van der Waals surface area contributed by atoms with Gasteiger partial charge >= 0.3 is 0 Å². The number of nitrogens with zero attached hydrogens (tertiary/aromatic N) is 2. The Balaban J connectivity index is 2.58. The summed E-state index contributed by atoms with van der Waals surface area (Å²) in [5.74, 6) is 1.36. The number of amidine groups is 1. The van der Waals surface area contributed by atoms with Gasteiger partial charge in [0.25, 0.3) is 0 Å². The van der Waals surface area contributed by atoms with Gasteiger partial charge in [-0.25, -0.2) is 0 Å². The molecule has 0 saturated heterocycles. The van der Waals surface area contributed by atoms with Crippen molar-refractivity contribution in [2.75, 3.05) is 33.2 Å². The molecule has 0 bridgehead atoms. The molecule has 0 radical (unpaired) electrons. The van der Waals surface area contributed by atoms with Crippen LogP contribution >= 0.6 is 0 Å². The topological polar surface area (TPSA) is 32.3 Å². The molecule has 11 heavy (non-hydrogen) atoms. The highest BCUT2D eigenvalue weighted by Gasteiger charge is 2.19. The number of hydrogen-bond donors (Lipinski definition) is 1. The quantitative estimate of drug-likeness (QED) is 0.557. The van der Waals surface area contributed by atoms with E-state index < -0.39 is 0 Å². The van der Waals surface area contributed by atoms with Crippen molar-refractivity contribution in [2.45, 2.75) is 13.3 Å². The van der Waals surface area contributed by atoms with Crippen molar-refractivity contribution in [2.24, 2.45) is 5.73 Å². The smallest absolute Gasteiger partial charge is 0.243 e. The van der Waals surface area contributed by atoms with Gasteiger partial charge in [0.1, 0.15) is 0 Å².